The SMILES string of the molecule is [C-]#[N+]C(CC#C[Si](C)(C)C(C)(C)C)C(=O)OCC. The first kappa shape index (κ1) is 16.7. The van der Waals surface area contributed by atoms with Crippen molar-refractivity contribution in [1.82, 2.24) is 0 Å². The van der Waals surface area contributed by atoms with E-state index in [1.54, 1.807) is 6.92 Å². The standard InChI is InChI=1S/C14H23NO2Si/c1-8-17-13(16)12(15-5)10-9-11-18(6,7)14(2,3)4/h12H,8,10H2,1-4,6-7H3. The summed E-state index contributed by atoms with van der Waals surface area (Å²) in [7, 11) is -1.65. The van der Waals surface area contributed by atoms with Crippen molar-refractivity contribution in [2.75, 3.05) is 6.61 Å². The minimum absolute atomic E-state index is 0.192. The topological polar surface area (TPSA) is 30.7 Å². The van der Waals surface area contributed by atoms with Crippen LogP contribution in [0.25, 0.3) is 4.85 Å². The summed E-state index contributed by atoms with van der Waals surface area (Å²) in [5.74, 6) is 2.56. The fourth-order valence-corrected chi connectivity index (χ4v) is 1.90. The fraction of sp³-hybridized carbons (Fsp3) is 0.714. The largest absolute Gasteiger partial charge is 0.460 e. The van der Waals surface area contributed by atoms with Gasteiger partial charge in [0.05, 0.1) is 13.0 Å². The quantitative estimate of drug-likeness (QED) is 0.339. The van der Waals surface area contributed by atoms with Gasteiger partial charge >= 0.3 is 12.0 Å². The highest BCUT2D eigenvalue weighted by molar-refractivity contribution is 6.87. The molecule has 3 nitrogen and oxygen atoms in total. The number of carbonyl (C=O) groups excluding carboxylic acids is 1. The van der Waals surface area contributed by atoms with E-state index in [2.05, 4.69) is 50.2 Å². The summed E-state index contributed by atoms with van der Waals surface area (Å²) in [6.45, 7) is 20.0. The van der Waals surface area contributed by atoms with Crippen LogP contribution >= 0.6 is 0 Å². The highest BCUT2D eigenvalue weighted by Crippen LogP contribution is 2.35. The van der Waals surface area contributed by atoms with Crippen LogP contribution in [0.4, 0.5) is 0 Å². The van der Waals surface area contributed by atoms with Crippen molar-refractivity contribution in [3.63, 3.8) is 0 Å². The lowest BCUT2D eigenvalue weighted by atomic mass is 10.2. The van der Waals surface area contributed by atoms with Crippen molar-refractivity contribution in [1.29, 1.82) is 0 Å². The Hall–Kier alpha value is -1.26. The number of hydrogen-bond donors (Lipinski definition) is 0. The summed E-state index contributed by atoms with van der Waals surface area (Å²) in [6.07, 6.45) is 0.273. The van der Waals surface area contributed by atoms with Gasteiger partial charge in [0.1, 0.15) is 8.07 Å². The molecule has 18 heavy (non-hydrogen) atoms. The summed E-state index contributed by atoms with van der Waals surface area (Å²) in [5, 5.41) is 0.192. The van der Waals surface area contributed by atoms with Gasteiger partial charge in [0.25, 0.3) is 0 Å². The predicted octanol–water partition coefficient (Wildman–Crippen LogP) is 3.28. The van der Waals surface area contributed by atoms with Crippen LogP contribution in [0, 0.1) is 18.0 Å². The van der Waals surface area contributed by atoms with E-state index in [0.29, 0.717) is 6.61 Å². The molecule has 0 aliphatic rings. The molecule has 0 N–H and O–H groups in total. The molecule has 100 valence electrons. The second kappa shape index (κ2) is 6.61. The molecular formula is C14H23NO2Si. The van der Waals surface area contributed by atoms with Crippen molar-refractivity contribution >= 4 is 14.0 Å². The third kappa shape index (κ3) is 4.94. The highest BCUT2D eigenvalue weighted by Gasteiger charge is 2.34. The Kier molecular flexibility index (Phi) is 6.15. The summed E-state index contributed by atoms with van der Waals surface area (Å²) in [4.78, 5) is 14.7. The van der Waals surface area contributed by atoms with E-state index >= 15 is 0 Å². The van der Waals surface area contributed by atoms with Gasteiger partial charge in [0.15, 0.2) is 0 Å². The third-order valence-corrected chi connectivity index (χ3v) is 7.84. The lowest BCUT2D eigenvalue weighted by molar-refractivity contribution is -0.143. The number of nitrogens with zero attached hydrogens (tertiary/aromatic N) is 1. The molecule has 0 bridgehead atoms. The first-order valence-corrected chi connectivity index (χ1v) is 9.19. The lowest BCUT2D eigenvalue weighted by Crippen LogP contribution is -2.35. The van der Waals surface area contributed by atoms with Gasteiger partial charge in [0.2, 0.25) is 0 Å². The maximum absolute atomic E-state index is 11.4. The van der Waals surface area contributed by atoms with Crippen LogP contribution in [-0.2, 0) is 9.53 Å². The van der Waals surface area contributed by atoms with Crippen LogP contribution in [0.5, 0.6) is 0 Å². The van der Waals surface area contributed by atoms with E-state index in [9.17, 15) is 4.79 Å². The second-order valence-electron chi connectivity index (χ2n) is 5.78. The lowest BCUT2D eigenvalue weighted by Gasteiger charge is -2.31. The zero-order chi connectivity index (χ0) is 14.4. The molecule has 0 radical (unpaired) electrons. The minimum atomic E-state index is -1.65. The van der Waals surface area contributed by atoms with E-state index < -0.39 is 20.1 Å². The Morgan fingerprint density at radius 2 is 2.00 bits per heavy atom. The summed E-state index contributed by atoms with van der Waals surface area (Å²) >= 11 is 0. The molecule has 1 unspecified atom stereocenters. The van der Waals surface area contributed by atoms with Gasteiger partial charge in [0, 0.05) is 0 Å². The van der Waals surface area contributed by atoms with Crippen LogP contribution in [0.15, 0.2) is 0 Å². The predicted molar refractivity (Wildman–Crippen MR) is 76.6 cm³/mol. The molecule has 1 atom stereocenters. The van der Waals surface area contributed by atoms with Crippen molar-refractivity contribution in [3.05, 3.63) is 11.4 Å². The Balaban J connectivity index is 4.68. The number of ether oxygens (including phenoxy) is 1. The van der Waals surface area contributed by atoms with Crippen LogP contribution in [-0.4, -0.2) is 26.7 Å². The van der Waals surface area contributed by atoms with Crippen LogP contribution in [0.2, 0.25) is 18.1 Å². The number of esters is 1. The monoisotopic (exact) mass is 265 g/mol. The van der Waals surface area contributed by atoms with Gasteiger partial charge in [-0.05, 0) is 12.0 Å². The van der Waals surface area contributed by atoms with Gasteiger partial charge in [-0.2, -0.15) is 0 Å². The second-order valence-corrected chi connectivity index (χ2v) is 10.8. The molecule has 0 aliphatic carbocycles. The number of rotatable bonds is 3. The van der Waals surface area contributed by atoms with Gasteiger partial charge in [-0.15, -0.1) is 11.5 Å². The molecule has 0 aromatic rings. The van der Waals surface area contributed by atoms with Crippen molar-refractivity contribution in [2.24, 2.45) is 0 Å². The zero-order valence-electron chi connectivity index (χ0n) is 12.3. The highest BCUT2D eigenvalue weighted by atomic mass is 28.3. The average molecular weight is 265 g/mol. The van der Waals surface area contributed by atoms with E-state index in [1.165, 1.54) is 0 Å². The summed E-state index contributed by atoms with van der Waals surface area (Å²) in [6, 6.07) is -0.776. The fourth-order valence-electron chi connectivity index (χ4n) is 0.976. The molecule has 4 heteroatoms. The van der Waals surface area contributed by atoms with Gasteiger partial charge in [-0.3, -0.25) is 0 Å². The molecule has 0 fully saturated rings. The maximum Gasteiger partial charge on any atom is 0.391 e. The van der Waals surface area contributed by atoms with E-state index in [0.717, 1.165) is 0 Å². The molecule has 0 aromatic heterocycles. The number of carbonyl (C=O) groups is 1. The first-order valence-electron chi connectivity index (χ1n) is 6.19. The van der Waals surface area contributed by atoms with Crippen molar-refractivity contribution in [3.8, 4) is 11.5 Å². The molecule has 0 heterocycles. The zero-order valence-corrected chi connectivity index (χ0v) is 13.3. The van der Waals surface area contributed by atoms with Crippen molar-refractivity contribution in [2.45, 2.75) is 58.3 Å². The molecule has 0 saturated carbocycles. The van der Waals surface area contributed by atoms with Gasteiger partial charge < -0.3 is 9.58 Å². The smallest absolute Gasteiger partial charge is 0.391 e. The maximum atomic E-state index is 11.4. The minimum Gasteiger partial charge on any atom is -0.460 e. The molecule has 0 amide bonds. The Morgan fingerprint density at radius 3 is 2.39 bits per heavy atom. The first-order chi connectivity index (χ1) is 8.15. The van der Waals surface area contributed by atoms with Crippen LogP contribution in [0.1, 0.15) is 34.1 Å². The average Bonchev–Trinajstić information content (AvgIpc) is 2.23. The third-order valence-electron chi connectivity index (χ3n) is 3.29. The summed E-state index contributed by atoms with van der Waals surface area (Å²) < 4.78 is 4.84. The summed E-state index contributed by atoms with van der Waals surface area (Å²) in [5.41, 5.74) is 3.30. The molecular weight excluding hydrogens is 242 g/mol. The van der Waals surface area contributed by atoms with Crippen molar-refractivity contribution < 1.29 is 9.53 Å². The normalized spacial score (nSPS) is 12.9. The Labute approximate surface area is 112 Å². The Bertz CT molecular complexity index is 391. The van der Waals surface area contributed by atoms with Gasteiger partial charge in [-0.1, -0.05) is 33.9 Å². The molecule has 0 rings (SSSR count). The molecule has 0 saturated heterocycles. The van der Waals surface area contributed by atoms with E-state index in [1.807, 2.05) is 0 Å². The van der Waals surface area contributed by atoms with Gasteiger partial charge in [-0.25, -0.2) is 11.4 Å². The molecule has 0 aromatic carbocycles. The molecule has 0 spiro atoms. The van der Waals surface area contributed by atoms with Crippen LogP contribution in [0.3, 0.4) is 0 Å². The number of hydrogen-bond acceptors (Lipinski definition) is 2. The van der Waals surface area contributed by atoms with Crippen LogP contribution < -0.4 is 0 Å². The van der Waals surface area contributed by atoms with E-state index in [-0.39, 0.29) is 11.5 Å². The Morgan fingerprint density at radius 1 is 1.44 bits per heavy atom. The van der Waals surface area contributed by atoms with E-state index in [4.69, 9.17) is 11.3 Å². The molecule has 0 aliphatic heterocycles.